The predicted octanol–water partition coefficient (Wildman–Crippen LogP) is 5.28. The minimum Gasteiger partial charge on any atom is -0.493 e. The Morgan fingerprint density at radius 1 is 0.920 bits per heavy atom. The van der Waals surface area contributed by atoms with Crippen molar-refractivity contribution in [2.45, 2.75) is 70.3 Å². The van der Waals surface area contributed by atoms with Crippen LogP contribution in [-0.2, 0) is 16.0 Å². The van der Waals surface area contributed by atoms with Gasteiger partial charge < -0.3 is 29.7 Å². The van der Waals surface area contributed by atoms with Crippen LogP contribution in [0.5, 0.6) is 17.2 Å². The number of methoxy groups -OCH3 is 3. The van der Waals surface area contributed by atoms with Crippen LogP contribution in [0.25, 0.3) is 16.8 Å². The summed E-state index contributed by atoms with van der Waals surface area (Å²) in [5.74, 6) is 2.83. The average molecular weight is 683 g/mol. The van der Waals surface area contributed by atoms with Gasteiger partial charge >= 0.3 is 0 Å². The van der Waals surface area contributed by atoms with Gasteiger partial charge in [0.25, 0.3) is 0 Å². The maximum Gasteiger partial charge on any atom is 0.222 e. The molecule has 0 saturated carbocycles. The third kappa shape index (κ3) is 7.24. The second-order valence-electron chi connectivity index (χ2n) is 13.0. The summed E-state index contributed by atoms with van der Waals surface area (Å²) >= 11 is 0. The van der Waals surface area contributed by atoms with E-state index < -0.39 is 0 Å². The molecule has 2 aromatic heterocycles. The van der Waals surface area contributed by atoms with Gasteiger partial charge in [-0.1, -0.05) is 18.6 Å². The summed E-state index contributed by atoms with van der Waals surface area (Å²) in [4.78, 5) is 40.7. The van der Waals surface area contributed by atoms with Crippen molar-refractivity contribution in [2.75, 3.05) is 46.3 Å². The number of likely N-dealkylation sites (tertiary alicyclic amines) is 1. The fraction of sp³-hybridized carbons (Fsp3) is 0.447. The Morgan fingerprint density at radius 2 is 1.72 bits per heavy atom. The summed E-state index contributed by atoms with van der Waals surface area (Å²) in [5, 5.41) is 15.1. The molecule has 1 saturated heterocycles. The first kappa shape index (κ1) is 34.7. The van der Waals surface area contributed by atoms with Crippen molar-refractivity contribution in [2.24, 2.45) is 0 Å². The first-order valence-electron chi connectivity index (χ1n) is 17.4. The number of anilines is 1. The molecule has 2 aliphatic rings. The quantitative estimate of drug-likeness (QED) is 0.191. The van der Waals surface area contributed by atoms with Crippen LogP contribution < -0.4 is 30.3 Å². The third-order valence-electron chi connectivity index (χ3n) is 9.85. The van der Waals surface area contributed by atoms with Gasteiger partial charge in [-0.3, -0.25) is 18.8 Å². The van der Waals surface area contributed by atoms with E-state index in [2.05, 4.69) is 20.8 Å². The van der Waals surface area contributed by atoms with Gasteiger partial charge in [0.15, 0.2) is 17.1 Å². The largest absolute Gasteiger partial charge is 0.493 e. The molecule has 1 aliphatic carbocycles. The lowest BCUT2D eigenvalue weighted by atomic mass is 9.95. The lowest BCUT2D eigenvalue weighted by Crippen LogP contribution is -2.38. The molecule has 2 aromatic carbocycles. The van der Waals surface area contributed by atoms with Gasteiger partial charge in [-0.15, -0.1) is 10.2 Å². The van der Waals surface area contributed by atoms with E-state index in [1.807, 2.05) is 45.8 Å². The molecule has 50 heavy (non-hydrogen) atoms. The molecule has 12 heteroatoms. The van der Waals surface area contributed by atoms with E-state index in [4.69, 9.17) is 14.2 Å². The third-order valence-corrected chi connectivity index (χ3v) is 9.85. The van der Waals surface area contributed by atoms with Crippen LogP contribution in [0.1, 0.15) is 80.8 Å². The number of rotatable bonds is 12. The Morgan fingerprint density at radius 3 is 2.46 bits per heavy atom. The highest BCUT2D eigenvalue weighted by atomic mass is 16.5. The van der Waals surface area contributed by atoms with Gasteiger partial charge in [0.2, 0.25) is 23.0 Å². The second-order valence-corrected chi connectivity index (χ2v) is 13.0. The van der Waals surface area contributed by atoms with Gasteiger partial charge in [-0.2, -0.15) is 0 Å². The first-order chi connectivity index (χ1) is 24.3. The zero-order valence-corrected chi connectivity index (χ0v) is 29.3. The Bertz CT molecular complexity index is 1920. The number of carbonyl (C=O) groups is 2. The SMILES string of the molecule is COc1cc2c(c(OC)c1OC)-c1ccc(NCCCCCC(=O)N3CCC(c4nnc5ccccn45)CC3)c(=O)cc1[C@@H](NC(C)=O)CC2. The standard InChI is InChI=1S/C38H46N6O6/c1-24(45)40-29-14-12-26-22-32(48-2)36(49-3)37(50-4)35(26)27-13-15-30(31(46)23-28(27)29)39-18-8-5-6-11-34(47)43-20-16-25(17-21-43)38-42-41-33-10-7-9-19-44(33)38/h7,9-10,13,15,19,22-23,25,29H,5-6,8,11-12,14,16-18,20-21H2,1-4H3,(H,39,46)(H,40,45)/t29-/m0/s1. The fourth-order valence-electron chi connectivity index (χ4n) is 7.34. The second kappa shape index (κ2) is 15.6. The Balaban J connectivity index is 1.07. The van der Waals surface area contributed by atoms with Crippen molar-refractivity contribution >= 4 is 23.1 Å². The molecule has 0 bridgehead atoms. The predicted molar refractivity (Wildman–Crippen MR) is 191 cm³/mol. The van der Waals surface area contributed by atoms with Crippen molar-refractivity contribution in [1.82, 2.24) is 24.8 Å². The van der Waals surface area contributed by atoms with E-state index in [0.29, 0.717) is 54.7 Å². The van der Waals surface area contributed by atoms with Crippen LogP contribution in [0.4, 0.5) is 5.69 Å². The number of aryl methyl sites for hydroxylation is 1. The molecule has 12 nitrogen and oxygen atoms in total. The molecule has 264 valence electrons. The molecule has 2 N–H and O–H groups in total. The highest BCUT2D eigenvalue weighted by Crippen LogP contribution is 2.50. The van der Waals surface area contributed by atoms with E-state index in [1.165, 1.54) is 6.92 Å². The zero-order valence-electron chi connectivity index (χ0n) is 29.3. The molecule has 1 aliphatic heterocycles. The van der Waals surface area contributed by atoms with Crippen LogP contribution in [0, 0.1) is 0 Å². The van der Waals surface area contributed by atoms with E-state index in [9.17, 15) is 14.4 Å². The summed E-state index contributed by atoms with van der Waals surface area (Å²) in [6, 6.07) is 12.8. The maximum atomic E-state index is 13.6. The van der Waals surface area contributed by atoms with Crippen LogP contribution in [0.3, 0.4) is 0 Å². The number of pyridine rings is 1. The van der Waals surface area contributed by atoms with E-state index >= 15 is 0 Å². The summed E-state index contributed by atoms with van der Waals surface area (Å²) in [5.41, 5.74) is 4.46. The Labute approximate surface area is 292 Å². The molecule has 0 radical (unpaired) electrons. The number of amides is 2. The number of piperidine rings is 1. The van der Waals surface area contributed by atoms with E-state index in [1.54, 1.807) is 33.5 Å². The van der Waals surface area contributed by atoms with E-state index in [-0.39, 0.29) is 23.3 Å². The number of aromatic nitrogens is 3. The van der Waals surface area contributed by atoms with Crippen molar-refractivity contribution in [3.05, 3.63) is 75.8 Å². The van der Waals surface area contributed by atoms with Crippen molar-refractivity contribution in [1.29, 1.82) is 0 Å². The summed E-state index contributed by atoms with van der Waals surface area (Å²) < 4.78 is 19.2. The molecule has 4 aromatic rings. The van der Waals surface area contributed by atoms with Crippen molar-refractivity contribution in [3.8, 4) is 28.4 Å². The van der Waals surface area contributed by atoms with Gasteiger partial charge in [0.05, 0.1) is 33.1 Å². The zero-order chi connectivity index (χ0) is 35.2. The highest BCUT2D eigenvalue weighted by molar-refractivity contribution is 5.84. The smallest absolute Gasteiger partial charge is 0.222 e. The lowest BCUT2D eigenvalue weighted by Gasteiger charge is -2.31. The number of hydrogen-bond donors (Lipinski definition) is 2. The topological polar surface area (TPSA) is 136 Å². The fourth-order valence-corrected chi connectivity index (χ4v) is 7.34. The summed E-state index contributed by atoms with van der Waals surface area (Å²) in [7, 11) is 4.73. The highest BCUT2D eigenvalue weighted by Gasteiger charge is 2.30. The molecule has 2 amide bonds. The number of ether oxygens (including phenoxy) is 3. The molecule has 3 heterocycles. The number of nitrogens with zero attached hydrogens (tertiary/aromatic N) is 4. The molecule has 0 spiro atoms. The van der Waals surface area contributed by atoms with Gasteiger partial charge in [0, 0.05) is 50.7 Å². The van der Waals surface area contributed by atoms with Crippen molar-refractivity contribution < 1.29 is 23.8 Å². The van der Waals surface area contributed by atoms with Crippen LogP contribution >= 0.6 is 0 Å². The minimum absolute atomic E-state index is 0.165. The molecule has 1 fully saturated rings. The Kier molecular flexibility index (Phi) is 10.8. The monoisotopic (exact) mass is 682 g/mol. The van der Waals surface area contributed by atoms with Crippen LogP contribution in [0.2, 0.25) is 0 Å². The Hall–Kier alpha value is -5.13. The lowest BCUT2D eigenvalue weighted by molar-refractivity contribution is -0.132. The first-order valence-corrected chi connectivity index (χ1v) is 17.4. The minimum atomic E-state index is -0.365. The van der Waals surface area contributed by atoms with Crippen LogP contribution in [-0.4, -0.2) is 72.3 Å². The van der Waals surface area contributed by atoms with E-state index in [0.717, 1.165) is 78.9 Å². The number of unbranched alkanes of at least 4 members (excludes halogenated alkanes) is 2. The number of fused-ring (bicyclic) bond motifs is 4. The van der Waals surface area contributed by atoms with Crippen molar-refractivity contribution in [3.63, 3.8) is 0 Å². The maximum absolute atomic E-state index is 13.6. The molecule has 0 unspecified atom stereocenters. The number of nitrogens with one attached hydrogen (secondary N) is 2. The van der Waals surface area contributed by atoms with Gasteiger partial charge in [0.1, 0.15) is 5.82 Å². The van der Waals surface area contributed by atoms with Crippen LogP contribution in [0.15, 0.2) is 53.5 Å². The van der Waals surface area contributed by atoms with Gasteiger partial charge in [-0.05, 0) is 85.5 Å². The molecule has 1 atom stereocenters. The molecular weight excluding hydrogens is 636 g/mol. The summed E-state index contributed by atoms with van der Waals surface area (Å²) in [6.45, 7) is 3.53. The number of carbonyl (C=O) groups excluding carboxylic acids is 2. The average Bonchev–Trinajstić information content (AvgIpc) is 3.42. The normalized spacial score (nSPS) is 15.8. The molecule has 6 rings (SSSR count). The molecular formula is C38H46N6O6. The van der Waals surface area contributed by atoms with Gasteiger partial charge in [-0.25, -0.2) is 0 Å². The summed E-state index contributed by atoms with van der Waals surface area (Å²) in [6.07, 6.45) is 7.97. The number of benzene rings is 1. The number of hydrogen-bond acceptors (Lipinski definition) is 9.